The van der Waals surface area contributed by atoms with Crippen LogP contribution in [0.1, 0.15) is 66.7 Å². The molecule has 2 unspecified atom stereocenters. The lowest BCUT2D eigenvalue weighted by atomic mass is 9.91. The number of hydrogen-bond acceptors (Lipinski definition) is 6. The van der Waals surface area contributed by atoms with Gasteiger partial charge in [0, 0.05) is 30.1 Å². The van der Waals surface area contributed by atoms with Gasteiger partial charge in [0.05, 0.1) is 34.7 Å². The van der Waals surface area contributed by atoms with Crippen molar-refractivity contribution in [3.05, 3.63) is 64.8 Å². The summed E-state index contributed by atoms with van der Waals surface area (Å²) in [5.74, 6) is -0.121. The quantitative estimate of drug-likeness (QED) is 0.273. The van der Waals surface area contributed by atoms with E-state index in [-0.39, 0.29) is 23.6 Å². The molecule has 0 aliphatic carbocycles. The molecule has 7 nitrogen and oxygen atoms in total. The first-order valence-electron chi connectivity index (χ1n) is 13.8. The first kappa shape index (κ1) is 27.1. The van der Waals surface area contributed by atoms with Gasteiger partial charge in [0.2, 0.25) is 0 Å². The van der Waals surface area contributed by atoms with Crippen molar-refractivity contribution in [3.63, 3.8) is 0 Å². The molecule has 204 valence electrons. The maximum atomic E-state index is 13.8. The fourth-order valence-corrected chi connectivity index (χ4v) is 7.30. The molecule has 38 heavy (non-hydrogen) atoms. The van der Waals surface area contributed by atoms with E-state index >= 15 is 0 Å². The van der Waals surface area contributed by atoms with Gasteiger partial charge in [-0.15, -0.1) is 0 Å². The molecule has 3 heterocycles. The fourth-order valence-electron chi connectivity index (χ4n) is 5.57. The number of rotatable bonds is 9. The predicted octanol–water partition coefficient (Wildman–Crippen LogP) is 6.40. The summed E-state index contributed by atoms with van der Waals surface area (Å²) in [5.41, 5.74) is 5.52. The first-order chi connectivity index (χ1) is 18.3. The Kier molecular flexibility index (Phi) is 8.07. The molecule has 2 aliphatic rings. The molecule has 5 rings (SSSR count). The standard InChI is InChI=1S/C30H39N3O4S/c1-4-6-7-22(5-2)30(34)28-26-19-38(35,36)27-16-20(3)8-13-25(27)29(26)33(32-28)23-11-9-21(10-12-23)17-24-18-31-14-15-37-24/h8-13,16,22,24,31,35-36H,4-7,14-15,17-19H2,1-3H3. The summed E-state index contributed by atoms with van der Waals surface area (Å²) >= 11 is 0. The summed E-state index contributed by atoms with van der Waals surface area (Å²) in [5, 5.41) is 8.27. The summed E-state index contributed by atoms with van der Waals surface area (Å²) in [6, 6.07) is 14.0. The van der Waals surface area contributed by atoms with Crippen molar-refractivity contribution >= 4 is 16.4 Å². The second kappa shape index (κ2) is 11.3. The first-order valence-corrected chi connectivity index (χ1v) is 15.5. The number of nitrogens with zero attached hydrogens (tertiary/aromatic N) is 2. The van der Waals surface area contributed by atoms with E-state index < -0.39 is 10.6 Å². The number of carbonyl (C=O) groups excluding carboxylic acids is 1. The molecule has 1 aromatic heterocycles. The number of aromatic nitrogens is 2. The topological polar surface area (TPSA) is 96.6 Å². The van der Waals surface area contributed by atoms with Gasteiger partial charge in [-0.3, -0.25) is 13.9 Å². The number of aryl methyl sites for hydroxylation is 1. The highest BCUT2D eigenvalue weighted by atomic mass is 32.3. The van der Waals surface area contributed by atoms with E-state index in [1.807, 2.05) is 48.9 Å². The third kappa shape index (κ3) is 5.33. The maximum absolute atomic E-state index is 13.8. The molecule has 3 N–H and O–H groups in total. The highest BCUT2D eigenvalue weighted by molar-refractivity contribution is 8.23. The van der Waals surface area contributed by atoms with Gasteiger partial charge in [-0.2, -0.15) is 15.7 Å². The Hall–Kier alpha value is -2.49. The van der Waals surface area contributed by atoms with E-state index in [0.717, 1.165) is 74.3 Å². The van der Waals surface area contributed by atoms with Crippen LogP contribution in [-0.4, -0.2) is 50.5 Å². The Balaban J connectivity index is 1.58. The number of hydrogen-bond donors (Lipinski definition) is 3. The lowest BCUT2D eigenvalue weighted by Gasteiger charge is -2.38. The average molecular weight is 538 g/mol. The molecule has 0 saturated carbocycles. The SMILES string of the molecule is CCCCC(CC)C(=O)c1nn(-c2ccc(CC3CNCCO3)cc2)c2c1CS(O)(O)c1cc(C)ccc1-2. The minimum atomic E-state index is -3.10. The minimum Gasteiger partial charge on any atom is -0.375 e. The third-order valence-electron chi connectivity index (χ3n) is 7.73. The Labute approximate surface area is 227 Å². The lowest BCUT2D eigenvalue weighted by Crippen LogP contribution is -2.39. The molecule has 8 heteroatoms. The molecule has 2 atom stereocenters. The molecule has 1 saturated heterocycles. The number of unbranched alkanes of at least 4 members (excludes halogenated alkanes) is 1. The van der Waals surface area contributed by atoms with Crippen LogP contribution in [0.2, 0.25) is 0 Å². The second-order valence-electron chi connectivity index (χ2n) is 10.6. The van der Waals surface area contributed by atoms with Gasteiger partial charge in [-0.25, -0.2) is 4.68 Å². The smallest absolute Gasteiger partial charge is 0.186 e. The highest BCUT2D eigenvalue weighted by Crippen LogP contribution is 2.60. The Morgan fingerprint density at radius 2 is 2.00 bits per heavy atom. The molecule has 0 bridgehead atoms. The molecule has 0 radical (unpaired) electrons. The minimum absolute atomic E-state index is 0.000258. The van der Waals surface area contributed by atoms with Crippen LogP contribution in [0.3, 0.4) is 0 Å². The molecule has 1 fully saturated rings. The predicted molar refractivity (Wildman–Crippen MR) is 153 cm³/mol. The van der Waals surface area contributed by atoms with Gasteiger partial charge in [0.1, 0.15) is 5.69 Å². The molecule has 2 aliphatic heterocycles. The van der Waals surface area contributed by atoms with Crippen molar-refractivity contribution < 1.29 is 18.6 Å². The molecule has 0 spiro atoms. The van der Waals surface area contributed by atoms with E-state index in [4.69, 9.17) is 9.84 Å². The Morgan fingerprint density at radius 3 is 2.68 bits per heavy atom. The maximum Gasteiger partial charge on any atom is 0.186 e. The number of ketones is 1. The molecule has 2 aromatic carbocycles. The zero-order chi connectivity index (χ0) is 26.9. The highest BCUT2D eigenvalue weighted by Gasteiger charge is 2.37. The number of ether oxygens (including phenoxy) is 1. The van der Waals surface area contributed by atoms with E-state index in [1.165, 1.54) is 5.56 Å². The van der Waals surface area contributed by atoms with Gasteiger partial charge in [-0.1, -0.05) is 51.0 Å². The summed E-state index contributed by atoms with van der Waals surface area (Å²) in [6.07, 6.45) is 4.54. The van der Waals surface area contributed by atoms with E-state index in [2.05, 4.69) is 24.4 Å². The van der Waals surface area contributed by atoms with Crippen molar-refractivity contribution in [3.8, 4) is 16.9 Å². The largest absolute Gasteiger partial charge is 0.375 e. The summed E-state index contributed by atoms with van der Waals surface area (Å²) < 4.78 is 30.1. The molecule has 3 aromatic rings. The number of carbonyl (C=O) groups is 1. The van der Waals surface area contributed by atoms with Crippen LogP contribution >= 0.6 is 10.6 Å². The van der Waals surface area contributed by atoms with E-state index in [1.54, 1.807) is 0 Å². The van der Waals surface area contributed by atoms with Crippen LogP contribution in [0.25, 0.3) is 16.9 Å². The molecular weight excluding hydrogens is 498 g/mol. The van der Waals surface area contributed by atoms with Crippen molar-refractivity contribution in [1.29, 1.82) is 0 Å². The van der Waals surface area contributed by atoms with E-state index in [0.29, 0.717) is 16.2 Å². The Bertz CT molecular complexity index is 1300. The fraction of sp³-hybridized carbons (Fsp3) is 0.467. The number of fused-ring (bicyclic) bond motifs is 3. The van der Waals surface area contributed by atoms with Gasteiger partial charge in [0.15, 0.2) is 5.78 Å². The van der Waals surface area contributed by atoms with Crippen molar-refractivity contribution in [2.75, 3.05) is 19.7 Å². The van der Waals surface area contributed by atoms with Crippen LogP contribution in [0.15, 0.2) is 47.4 Å². The van der Waals surface area contributed by atoms with Crippen molar-refractivity contribution in [1.82, 2.24) is 15.1 Å². The second-order valence-corrected chi connectivity index (χ2v) is 12.6. The summed E-state index contributed by atoms with van der Waals surface area (Å²) in [7, 11) is -3.10. The number of nitrogens with one attached hydrogen (secondary N) is 1. The molecule has 0 amide bonds. The van der Waals surface area contributed by atoms with Gasteiger partial charge in [0.25, 0.3) is 0 Å². The van der Waals surface area contributed by atoms with E-state index in [9.17, 15) is 13.9 Å². The van der Waals surface area contributed by atoms with Gasteiger partial charge in [-0.05, 0) is 55.5 Å². The van der Waals surface area contributed by atoms with Crippen molar-refractivity contribution in [2.45, 2.75) is 69.6 Å². The summed E-state index contributed by atoms with van der Waals surface area (Å²) in [6.45, 7) is 8.58. The van der Waals surface area contributed by atoms with Crippen LogP contribution in [0, 0.1) is 12.8 Å². The van der Waals surface area contributed by atoms with Crippen LogP contribution in [0.5, 0.6) is 0 Å². The normalized spacial score (nSPS) is 19.9. The van der Waals surface area contributed by atoms with Gasteiger partial charge >= 0.3 is 0 Å². The number of Topliss-reactive ketones (excluding diaryl/α,β-unsaturated/α-hetero) is 1. The average Bonchev–Trinajstić information content (AvgIpc) is 3.28. The number of morpholine rings is 1. The van der Waals surface area contributed by atoms with Crippen LogP contribution in [-0.2, 0) is 16.9 Å². The zero-order valence-electron chi connectivity index (χ0n) is 22.6. The zero-order valence-corrected chi connectivity index (χ0v) is 23.4. The lowest BCUT2D eigenvalue weighted by molar-refractivity contribution is 0.0292. The molecular formula is C30H39N3O4S. The van der Waals surface area contributed by atoms with Crippen LogP contribution < -0.4 is 5.32 Å². The van der Waals surface area contributed by atoms with Crippen molar-refractivity contribution in [2.24, 2.45) is 5.92 Å². The van der Waals surface area contributed by atoms with Crippen LogP contribution in [0.4, 0.5) is 0 Å². The third-order valence-corrected chi connectivity index (χ3v) is 9.46. The summed E-state index contributed by atoms with van der Waals surface area (Å²) in [4.78, 5) is 14.3. The number of benzene rings is 2. The monoisotopic (exact) mass is 537 g/mol. The Morgan fingerprint density at radius 1 is 1.21 bits per heavy atom. The van der Waals surface area contributed by atoms with Gasteiger partial charge < -0.3 is 10.1 Å².